The fraction of sp³-hybridized carbons (Fsp3) is 0.562. The van der Waals surface area contributed by atoms with Gasteiger partial charge in [0, 0.05) is 39.0 Å². The summed E-state index contributed by atoms with van der Waals surface area (Å²) in [6.07, 6.45) is 1.25. The Morgan fingerprint density at radius 1 is 1.13 bits per heavy atom. The summed E-state index contributed by atoms with van der Waals surface area (Å²) in [5.74, 6) is 0.821. The number of ether oxygens (including phenoxy) is 1. The van der Waals surface area contributed by atoms with E-state index in [1.807, 2.05) is 31.2 Å². The van der Waals surface area contributed by atoms with Crippen LogP contribution in [0.25, 0.3) is 0 Å². The lowest BCUT2D eigenvalue weighted by Gasteiger charge is -2.34. The Bertz CT molecular complexity index is 620. The molecule has 1 heterocycles. The first-order chi connectivity index (χ1) is 10.8. The van der Waals surface area contributed by atoms with Crippen LogP contribution in [0.4, 0.5) is 0 Å². The van der Waals surface area contributed by atoms with Crippen molar-refractivity contribution in [3.63, 3.8) is 0 Å². The summed E-state index contributed by atoms with van der Waals surface area (Å²) in [5, 5.41) is 0. The first-order valence-corrected chi connectivity index (χ1v) is 9.77. The minimum atomic E-state index is -2.94. The Morgan fingerprint density at radius 3 is 2.30 bits per heavy atom. The summed E-state index contributed by atoms with van der Waals surface area (Å²) >= 11 is 0. The maximum atomic E-state index is 12.1. The summed E-state index contributed by atoms with van der Waals surface area (Å²) in [4.78, 5) is 16.0. The first kappa shape index (κ1) is 17.7. The Kier molecular flexibility index (Phi) is 6.01. The number of amides is 1. The van der Waals surface area contributed by atoms with Crippen LogP contribution in [-0.2, 0) is 14.6 Å². The van der Waals surface area contributed by atoms with Crippen LogP contribution in [0.15, 0.2) is 24.3 Å². The fourth-order valence-electron chi connectivity index (χ4n) is 2.39. The molecule has 0 aromatic heterocycles. The summed E-state index contributed by atoms with van der Waals surface area (Å²) in [7, 11) is -2.94. The molecule has 0 saturated carbocycles. The molecule has 1 amide bonds. The van der Waals surface area contributed by atoms with Gasteiger partial charge in [-0.2, -0.15) is 0 Å². The molecule has 1 aliphatic rings. The van der Waals surface area contributed by atoms with Gasteiger partial charge < -0.3 is 9.64 Å². The number of hydrogen-bond acceptors (Lipinski definition) is 5. The fourth-order valence-corrected chi connectivity index (χ4v) is 2.98. The second-order valence-electron chi connectivity index (χ2n) is 5.95. The van der Waals surface area contributed by atoms with Crippen molar-refractivity contribution in [2.75, 3.05) is 51.3 Å². The molecule has 0 N–H and O–H groups in total. The van der Waals surface area contributed by atoms with Crippen molar-refractivity contribution in [1.82, 2.24) is 9.80 Å². The zero-order chi connectivity index (χ0) is 16.9. The van der Waals surface area contributed by atoms with Gasteiger partial charge in [0.15, 0.2) is 6.61 Å². The number of hydrogen-bond donors (Lipinski definition) is 0. The lowest BCUT2D eigenvalue weighted by molar-refractivity contribution is -0.135. The van der Waals surface area contributed by atoms with Crippen LogP contribution < -0.4 is 4.74 Å². The number of sulfone groups is 1. The smallest absolute Gasteiger partial charge is 0.260 e. The topological polar surface area (TPSA) is 66.9 Å². The molecular formula is C16H24N2O4S. The van der Waals surface area contributed by atoms with E-state index >= 15 is 0 Å². The monoisotopic (exact) mass is 340 g/mol. The molecule has 23 heavy (non-hydrogen) atoms. The third-order valence-corrected chi connectivity index (χ3v) is 4.81. The van der Waals surface area contributed by atoms with Crippen LogP contribution in [-0.4, -0.2) is 75.5 Å². The minimum absolute atomic E-state index is 0.0339. The van der Waals surface area contributed by atoms with E-state index in [9.17, 15) is 13.2 Å². The lowest BCUT2D eigenvalue weighted by Crippen LogP contribution is -2.50. The van der Waals surface area contributed by atoms with Crippen LogP contribution in [0.3, 0.4) is 0 Å². The van der Waals surface area contributed by atoms with E-state index in [1.54, 1.807) is 4.90 Å². The Morgan fingerprint density at radius 2 is 1.74 bits per heavy atom. The molecule has 1 aromatic carbocycles. The Balaban J connectivity index is 1.72. The zero-order valence-electron chi connectivity index (χ0n) is 13.7. The highest BCUT2D eigenvalue weighted by molar-refractivity contribution is 7.90. The predicted octanol–water partition coefficient (Wildman–Crippen LogP) is 0.563. The molecule has 0 spiro atoms. The van der Waals surface area contributed by atoms with Crippen LogP contribution >= 0.6 is 0 Å². The molecule has 0 bridgehead atoms. The lowest BCUT2D eigenvalue weighted by atomic mass is 10.2. The number of carbonyl (C=O) groups is 1. The zero-order valence-corrected chi connectivity index (χ0v) is 14.5. The molecule has 1 aliphatic heterocycles. The van der Waals surface area contributed by atoms with E-state index in [2.05, 4.69) is 4.90 Å². The van der Waals surface area contributed by atoms with Gasteiger partial charge >= 0.3 is 0 Å². The van der Waals surface area contributed by atoms with Gasteiger partial charge in [-0.3, -0.25) is 9.69 Å². The Labute approximate surface area is 137 Å². The second kappa shape index (κ2) is 7.79. The number of rotatable bonds is 6. The summed E-state index contributed by atoms with van der Waals surface area (Å²) < 4.78 is 27.9. The van der Waals surface area contributed by atoms with E-state index in [0.29, 0.717) is 38.5 Å². The third kappa shape index (κ3) is 6.19. The number of aryl methyl sites for hydroxylation is 1. The van der Waals surface area contributed by atoms with E-state index < -0.39 is 9.84 Å². The van der Waals surface area contributed by atoms with E-state index in [0.717, 1.165) is 5.56 Å². The number of carbonyl (C=O) groups excluding carboxylic acids is 1. The van der Waals surface area contributed by atoms with Gasteiger partial charge in [0.2, 0.25) is 0 Å². The molecule has 0 unspecified atom stereocenters. The summed E-state index contributed by atoms with van der Waals surface area (Å²) in [6, 6.07) is 7.60. The van der Waals surface area contributed by atoms with Crippen LogP contribution in [0.1, 0.15) is 5.56 Å². The van der Waals surface area contributed by atoms with Crippen molar-refractivity contribution in [3.05, 3.63) is 29.8 Å². The molecule has 0 aliphatic carbocycles. The number of benzene rings is 1. The van der Waals surface area contributed by atoms with E-state index in [-0.39, 0.29) is 18.3 Å². The molecule has 0 radical (unpaired) electrons. The quantitative estimate of drug-likeness (QED) is 0.757. The van der Waals surface area contributed by atoms with Gasteiger partial charge in [-0.05, 0) is 19.1 Å². The predicted molar refractivity (Wildman–Crippen MR) is 89.4 cm³/mol. The second-order valence-corrected chi connectivity index (χ2v) is 8.21. The van der Waals surface area contributed by atoms with Crippen molar-refractivity contribution in [3.8, 4) is 5.75 Å². The summed E-state index contributed by atoms with van der Waals surface area (Å²) in [5.41, 5.74) is 1.15. The maximum absolute atomic E-state index is 12.1. The standard InChI is InChI=1S/C16H24N2O4S/c1-14-3-5-15(6-4-14)22-13-16(19)18-9-7-17(8-10-18)11-12-23(2,20)21/h3-6H,7-13H2,1-2H3. The van der Waals surface area contributed by atoms with Gasteiger partial charge in [0.1, 0.15) is 15.6 Å². The Hall–Kier alpha value is -1.60. The van der Waals surface area contributed by atoms with Crippen LogP contribution in [0.5, 0.6) is 5.75 Å². The molecule has 1 fully saturated rings. The summed E-state index contributed by atoms with van der Waals surface area (Å²) in [6.45, 7) is 5.18. The van der Waals surface area contributed by atoms with Gasteiger partial charge in [0.25, 0.3) is 5.91 Å². The maximum Gasteiger partial charge on any atom is 0.260 e. The molecule has 0 atom stereocenters. The average Bonchev–Trinajstić information content (AvgIpc) is 2.52. The highest BCUT2D eigenvalue weighted by atomic mass is 32.2. The average molecular weight is 340 g/mol. The molecule has 1 saturated heterocycles. The third-order valence-electron chi connectivity index (χ3n) is 3.89. The van der Waals surface area contributed by atoms with E-state index in [1.165, 1.54) is 6.26 Å². The van der Waals surface area contributed by atoms with Crippen molar-refractivity contribution < 1.29 is 17.9 Å². The highest BCUT2D eigenvalue weighted by Crippen LogP contribution is 2.12. The molecule has 7 heteroatoms. The van der Waals surface area contributed by atoms with Gasteiger partial charge in [-0.25, -0.2) is 8.42 Å². The number of piperazine rings is 1. The minimum Gasteiger partial charge on any atom is -0.484 e. The molecule has 1 aromatic rings. The first-order valence-electron chi connectivity index (χ1n) is 7.71. The largest absolute Gasteiger partial charge is 0.484 e. The SMILES string of the molecule is Cc1ccc(OCC(=O)N2CCN(CCS(C)(=O)=O)CC2)cc1. The normalized spacial score (nSPS) is 16.3. The molecule has 6 nitrogen and oxygen atoms in total. The van der Waals surface area contributed by atoms with Gasteiger partial charge in [-0.1, -0.05) is 17.7 Å². The van der Waals surface area contributed by atoms with Crippen molar-refractivity contribution >= 4 is 15.7 Å². The van der Waals surface area contributed by atoms with Crippen molar-refractivity contribution in [2.24, 2.45) is 0 Å². The molecule has 2 rings (SSSR count). The van der Waals surface area contributed by atoms with Crippen LogP contribution in [0.2, 0.25) is 0 Å². The number of nitrogens with zero attached hydrogens (tertiary/aromatic N) is 2. The highest BCUT2D eigenvalue weighted by Gasteiger charge is 2.21. The molecule has 128 valence electrons. The van der Waals surface area contributed by atoms with Crippen LogP contribution in [0, 0.1) is 6.92 Å². The van der Waals surface area contributed by atoms with Gasteiger partial charge in [-0.15, -0.1) is 0 Å². The van der Waals surface area contributed by atoms with Gasteiger partial charge in [0.05, 0.1) is 5.75 Å². The van der Waals surface area contributed by atoms with Crippen molar-refractivity contribution in [1.29, 1.82) is 0 Å². The van der Waals surface area contributed by atoms with Crippen molar-refractivity contribution in [2.45, 2.75) is 6.92 Å². The van der Waals surface area contributed by atoms with E-state index in [4.69, 9.17) is 4.74 Å². The molecular weight excluding hydrogens is 316 g/mol.